The Labute approximate surface area is 207 Å². The molecule has 0 radical (unpaired) electrons. The fourth-order valence-electron chi connectivity index (χ4n) is 5.04. The minimum Gasteiger partial charge on any atom is -0.378 e. The highest BCUT2D eigenvalue weighted by Crippen LogP contribution is 2.35. The van der Waals surface area contributed by atoms with Crippen molar-refractivity contribution >= 4 is 20.9 Å². The standard InChI is InChI=1S/C24H26FN7O3S/c1-16-9-22-17(11-27-32(22)19-5-3-18(25)4-6-19)10-21(16)23-13-30(7-8-31(23)20-14-35-15-20)36(33,34)24-12-26-29(2)28-24/h3-6,9-12,20,23H,7-8,13-15H2,1-2H3/t23-/m0/s1. The van der Waals surface area contributed by atoms with Crippen LogP contribution in [0, 0.1) is 12.7 Å². The minimum absolute atomic E-state index is 0.0445. The molecule has 2 aliphatic rings. The maximum atomic E-state index is 13.4. The highest BCUT2D eigenvalue weighted by atomic mass is 32.2. The summed E-state index contributed by atoms with van der Waals surface area (Å²) < 4.78 is 48.9. The van der Waals surface area contributed by atoms with Crippen LogP contribution in [0.4, 0.5) is 4.39 Å². The lowest BCUT2D eigenvalue weighted by atomic mass is 9.95. The molecule has 4 heterocycles. The Morgan fingerprint density at radius 1 is 1.06 bits per heavy atom. The van der Waals surface area contributed by atoms with Crippen molar-refractivity contribution in [3.8, 4) is 5.69 Å². The average molecular weight is 512 g/mol. The molecular formula is C24H26FN7O3S. The van der Waals surface area contributed by atoms with Gasteiger partial charge in [-0.2, -0.15) is 19.3 Å². The van der Waals surface area contributed by atoms with Crippen LogP contribution in [0.2, 0.25) is 0 Å². The molecule has 2 fully saturated rings. The maximum Gasteiger partial charge on any atom is 0.264 e. The van der Waals surface area contributed by atoms with Gasteiger partial charge in [0, 0.05) is 38.1 Å². The molecule has 0 spiro atoms. The topological polar surface area (TPSA) is 98.4 Å². The second-order valence-electron chi connectivity index (χ2n) is 9.28. The third-order valence-electron chi connectivity index (χ3n) is 7.04. The number of piperazine rings is 1. The molecule has 0 unspecified atom stereocenters. The molecule has 188 valence electrons. The summed E-state index contributed by atoms with van der Waals surface area (Å²) in [6.45, 7) is 4.56. The summed E-state index contributed by atoms with van der Waals surface area (Å²) in [6, 6.07) is 10.5. The van der Waals surface area contributed by atoms with Gasteiger partial charge in [-0.25, -0.2) is 17.5 Å². The van der Waals surface area contributed by atoms with Gasteiger partial charge in [0.2, 0.25) is 5.03 Å². The second kappa shape index (κ2) is 8.73. The molecule has 0 N–H and O–H groups in total. The molecule has 0 amide bonds. The van der Waals surface area contributed by atoms with Gasteiger partial charge in [-0.05, 0) is 54.4 Å². The Morgan fingerprint density at radius 3 is 2.50 bits per heavy atom. The van der Waals surface area contributed by atoms with Crippen molar-refractivity contribution in [3.63, 3.8) is 0 Å². The van der Waals surface area contributed by atoms with Crippen LogP contribution >= 0.6 is 0 Å². The highest BCUT2D eigenvalue weighted by Gasteiger charge is 2.41. The van der Waals surface area contributed by atoms with Crippen molar-refractivity contribution in [2.24, 2.45) is 7.05 Å². The van der Waals surface area contributed by atoms with E-state index < -0.39 is 10.0 Å². The number of fused-ring (bicyclic) bond motifs is 1. The van der Waals surface area contributed by atoms with Gasteiger partial charge in [0.1, 0.15) is 5.82 Å². The van der Waals surface area contributed by atoms with Crippen molar-refractivity contribution in [2.45, 2.75) is 24.0 Å². The lowest BCUT2D eigenvalue weighted by Crippen LogP contribution is -2.58. The third-order valence-corrected chi connectivity index (χ3v) is 8.77. The molecule has 2 aromatic carbocycles. The van der Waals surface area contributed by atoms with Crippen LogP contribution in [-0.4, -0.2) is 81.3 Å². The summed E-state index contributed by atoms with van der Waals surface area (Å²) in [7, 11) is -2.18. The van der Waals surface area contributed by atoms with Crippen LogP contribution in [-0.2, 0) is 21.8 Å². The van der Waals surface area contributed by atoms with Crippen LogP contribution in [0.1, 0.15) is 17.2 Å². The molecule has 0 bridgehead atoms. The van der Waals surface area contributed by atoms with Gasteiger partial charge in [-0.1, -0.05) is 0 Å². The molecular weight excluding hydrogens is 485 g/mol. The number of sulfonamides is 1. The summed E-state index contributed by atoms with van der Waals surface area (Å²) >= 11 is 0. The molecule has 12 heteroatoms. The number of aromatic nitrogens is 5. The lowest BCUT2D eigenvalue weighted by Gasteiger charge is -2.47. The number of nitrogens with zero attached hydrogens (tertiary/aromatic N) is 7. The molecule has 2 saturated heterocycles. The number of halogens is 1. The Hall–Kier alpha value is -3.19. The van der Waals surface area contributed by atoms with E-state index in [1.165, 1.54) is 27.4 Å². The van der Waals surface area contributed by atoms with Crippen LogP contribution in [0.3, 0.4) is 0 Å². The normalized spacial score (nSPS) is 20.1. The minimum atomic E-state index is -3.78. The van der Waals surface area contributed by atoms with E-state index in [0.29, 0.717) is 32.8 Å². The van der Waals surface area contributed by atoms with E-state index in [1.54, 1.807) is 30.1 Å². The molecule has 2 aliphatic heterocycles. The van der Waals surface area contributed by atoms with E-state index in [9.17, 15) is 12.8 Å². The van der Waals surface area contributed by atoms with Gasteiger partial charge in [0.25, 0.3) is 10.0 Å². The number of aryl methyl sites for hydroxylation is 2. The first-order valence-corrected chi connectivity index (χ1v) is 13.2. The third kappa shape index (κ3) is 3.90. The molecule has 0 aliphatic carbocycles. The summed E-state index contributed by atoms with van der Waals surface area (Å²) in [6.07, 6.45) is 3.08. The quantitative estimate of drug-likeness (QED) is 0.404. The number of hydrogen-bond acceptors (Lipinski definition) is 7. The van der Waals surface area contributed by atoms with Gasteiger partial charge in [0.05, 0.1) is 42.9 Å². The molecule has 4 aromatic rings. The van der Waals surface area contributed by atoms with E-state index in [2.05, 4.69) is 32.3 Å². The first kappa shape index (κ1) is 23.2. The van der Waals surface area contributed by atoms with Gasteiger partial charge in [0.15, 0.2) is 0 Å². The van der Waals surface area contributed by atoms with Crippen LogP contribution in [0.15, 0.2) is 53.8 Å². The van der Waals surface area contributed by atoms with Gasteiger partial charge in [-0.15, -0.1) is 5.10 Å². The molecule has 6 rings (SSSR count). The lowest BCUT2D eigenvalue weighted by molar-refractivity contribution is -0.0912. The van der Waals surface area contributed by atoms with Gasteiger partial charge < -0.3 is 4.74 Å². The van der Waals surface area contributed by atoms with Gasteiger partial charge >= 0.3 is 0 Å². The number of ether oxygens (including phenoxy) is 1. The summed E-state index contributed by atoms with van der Waals surface area (Å²) in [5.74, 6) is -0.299. The number of hydrogen-bond donors (Lipinski definition) is 0. The second-order valence-corrected chi connectivity index (χ2v) is 11.2. The molecule has 2 aromatic heterocycles. The zero-order valence-corrected chi connectivity index (χ0v) is 20.8. The Balaban J connectivity index is 1.38. The van der Waals surface area contributed by atoms with Crippen molar-refractivity contribution < 1.29 is 17.5 Å². The SMILES string of the molecule is Cc1cc2c(cnn2-c2ccc(F)cc2)cc1[C@@H]1CN(S(=O)(=O)c2cnn(C)n2)CCN1C1COC1. The van der Waals surface area contributed by atoms with E-state index in [1.807, 2.05) is 6.92 Å². The Morgan fingerprint density at radius 2 is 1.83 bits per heavy atom. The van der Waals surface area contributed by atoms with Crippen LogP contribution < -0.4 is 0 Å². The van der Waals surface area contributed by atoms with Crippen molar-refractivity contribution in [1.82, 2.24) is 34.0 Å². The first-order valence-electron chi connectivity index (χ1n) is 11.8. The number of rotatable bonds is 5. The zero-order chi connectivity index (χ0) is 25.0. The summed E-state index contributed by atoms with van der Waals surface area (Å²) in [5, 5.41) is 13.4. The van der Waals surface area contributed by atoms with E-state index in [0.717, 1.165) is 27.7 Å². The maximum absolute atomic E-state index is 13.4. The van der Waals surface area contributed by atoms with E-state index in [4.69, 9.17) is 4.74 Å². The van der Waals surface area contributed by atoms with Crippen LogP contribution in [0.25, 0.3) is 16.6 Å². The summed E-state index contributed by atoms with van der Waals surface area (Å²) in [4.78, 5) is 3.61. The van der Waals surface area contributed by atoms with Gasteiger partial charge in [-0.3, -0.25) is 4.90 Å². The first-order chi connectivity index (χ1) is 17.3. The average Bonchev–Trinajstić information content (AvgIpc) is 3.45. The molecule has 0 saturated carbocycles. The smallest absolute Gasteiger partial charge is 0.264 e. The van der Waals surface area contributed by atoms with E-state index >= 15 is 0 Å². The molecule has 36 heavy (non-hydrogen) atoms. The van der Waals surface area contributed by atoms with E-state index in [-0.39, 0.29) is 22.9 Å². The molecule has 10 nitrogen and oxygen atoms in total. The molecule has 1 atom stereocenters. The fourth-order valence-corrected chi connectivity index (χ4v) is 6.37. The largest absolute Gasteiger partial charge is 0.378 e. The van der Waals surface area contributed by atoms with Crippen LogP contribution in [0.5, 0.6) is 0 Å². The van der Waals surface area contributed by atoms with Crippen molar-refractivity contribution in [1.29, 1.82) is 0 Å². The predicted molar refractivity (Wildman–Crippen MR) is 130 cm³/mol. The Kier molecular flexibility index (Phi) is 5.63. The van der Waals surface area contributed by atoms with Crippen molar-refractivity contribution in [2.75, 3.05) is 32.8 Å². The fraction of sp³-hybridized carbons (Fsp3) is 0.375. The Bertz CT molecular complexity index is 1530. The predicted octanol–water partition coefficient (Wildman–Crippen LogP) is 2.05. The zero-order valence-electron chi connectivity index (χ0n) is 20.0. The summed E-state index contributed by atoms with van der Waals surface area (Å²) in [5.41, 5.74) is 3.75. The number of benzene rings is 2. The monoisotopic (exact) mass is 511 g/mol. The highest BCUT2D eigenvalue weighted by molar-refractivity contribution is 7.89. The van der Waals surface area contributed by atoms with Crippen molar-refractivity contribution in [3.05, 3.63) is 65.7 Å².